The second kappa shape index (κ2) is 15.0. The number of benzene rings is 1. The predicted octanol–water partition coefficient (Wildman–Crippen LogP) is 2.52. The van der Waals surface area contributed by atoms with Gasteiger partial charge in [0.05, 0.1) is 19.3 Å². The maximum absolute atomic E-state index is 13.9. The molecule has 0 spiro atoms. The summed E-state index contributed by atoms with van der Waals surface area (Å²) in [6.45, 7) is 10.4. The first-order valence-corrected chi connectivity index (χ1v) is 10.7. The molecule has 7 nitrogen and oxygen atoms in total. The molecule has 1 fully saturated rings. The largest absolute Gasteiger partial charge is 0.483 e. The van der Waals surface area contributed by atoms with Crippen LogP contribution in [0.2, 0.25) is 0 Å². The molecule has 3 N–H and O–H groups in total. The minimum atomic E-state index is -1.26. The topological polar surface area (TPSA) is 96.1 Å². The van der Waals surface area contributed by atoms with Gasteiger partial charge >= 0.3 is 0 Å². The number of hydrogen-bond acceptors (Lipinski definition) is 5. The van der Waals surface area contributed by atoms with E-state index in [1.54, 1.807) is 24.1 Å². The molecule has 1 aliphatic rings. The van der Waals surface area contributed by atoms with Crippen molar-refractivity contribution in [3.05, 3.63) is 72.1 Å². The van der Waals surface area contributed by atoms with Gasteiger partial charge in [0.15, 0.2) is 11.6 Å². The molecule has 0 saturated carbocycles. The quantitative estimate of drug-likeness (QED) is 0.302. The van der Waals surface area contributed by atoms with E-state index in [0.717, 1.165) is 24.7 Å². The lowest BCUT2D eigenvalue weighted by Crippen LogP contribution is -2.50. The molecule has 0 aromatic heterocycles. The maximum Gasteiger partial charge on any atom is 0.290 e. The van der Waals surface area contributed by atoms with Crippen LogP contribution in [0.4, 0.5) is 13.2 Å². The summed E-state index contributed by atoms with van der Waals surface area (Å²) in [5.74, 6) is -3.51. The average Bonchev–Trinajstić information content (AvgIpc) is 2.80. The SMILES string of the molecule is C=C/C=C(\C=C)[C@@H](CN(C)C(=O)CC(N)Cc1cc(F)c(F)cc1F)N1CCOCC1.O=CO. The Labute approximate surface area is 198 Å². The fourth-order valence-electron chi connectivity index (χ4n) is 3.59. The molecule has 10 heteroatoms. The highest BCUT2D eigenvalue weighted by atomic mass is 19.2. The van der Waals surface area contributed by atoms with E-state index in [9.17, 15) is 18.0 Å². The number of rotatable bonds is 10. The van der Waals surface area contributed by atoms with Crippen molar-refractivity contribution < 1.29 is 32.6 Å². The Bertz CT molecular complexity index is 873. The number of nitrogens with two attached hydrogens (primary N) is 1. The van der Waals surface area contributed by atoms with Gasteiger partial charge in [-0.05, 0) is 23.6 Å². The molecule has 188 valence electrons. The Kier molecular flexibility index (Phi) is 12.9. The zero-order valence-electron chi connectivity index (χ0n) is 19.3. The summed E-state index contributed by atoms with van der Waals surface area (Å²) in [7, 11) is 1.68. The smallest absolute Gasteiger partial charge is 0.290 e. The van der Waals surface area contributed by atoms with Crippen LogP contribution in [-0.2, 0) is 20.7 Å². The summed E-state index contributed by atoms with van der Waals surface area (Å²) in [5.41, 5.74) is 6.89. The molecular weight excluding hydrogens is 451 g/mol. The van der Waals surface area contributed by atoms with Gasteiger partial charge in [0.25, 0.3) is 6.47 Å². The van der Waals surface area contributed by atoms with Crippen LogP contribution in [0.15, 0.2) is 49.1 Å². The Morgan fingerprint density at radius 3 is 2.38 bits per heavy atom. The molecule has 1 unspecified atom stereocenters. The third kappa shape index (κ3) is 9.12. The summed E-state index contributed by atoms with van der Waals surface area (Å²) in [5, 5.41) is 6.89. The summed E-state index contributed by atoms with van der Waals surface area (Å²) < 4.78 is 45.8. The van der Waals surface area contributed by atoms with Gasteiger partial charge in [0.2, 0.25) is 5.91 Å². The van der Waals surface area contributed by atoms with E-state index in [4.69, 9.17) is 20.4 Å². The molecule has 1 aromatic rings. The number of likely N-dealkylation sites (N-methyl/N-ethyl adjacent to an activating group) is 1. The standard InChI is InChI=1S/C23H30F3N3O2.CH2O2/c1-4-6-16(5-2)22(29-7-9-31-10-8-29)15-28(3)23(30)13-18(27)11-17-12-20(25)21(26)14-19(17)24;2-1-3/h4-6,12,14,18,22H,1-2,7-11,13,15,27H2,3H3;1H,(H,2,3)/b16-6+;/t18?,22-;/m1./s1. The van der Waals surface area contributed by atoms with Gasteiger partial charge in [-0.2, -0.15) is 0 Å². The van der Waals surface area contributed by atoms with Crippen molar-refractivity contribution in [2.75, 3.05) is 39.9 Å². The number of carboxylic acid groups (broad SMARTS) is 1. The van der Waals surface area contributed by atoms with Gasteiger partial charge in [-0.1, -0.05) is 31.4 Å². The molecule has 1 aliphatic heterocycles. The van der Waals surface area contributed by atoms with Crippen molar-refractivity contribution in [1.82, 2.24) is 9.80 Å². The number of nitrogens with zero attached hydrogens (tertiary/aromatic N) is 2. The van der Waals surface area contributed by atoms with E-state index in [0.29, 0.717) is 25.8 Å². The highest BCUT2D eigenvalue weighted by Gasteiger charge is 2.26. The lowest BCUT2D eigenvalue weighted by molar-refractivity contribution is -0.131. The summed E-state index contributed by atoms with van der Waals surface area (Å²) in [6, 6.07) is 0.442. The third-order valence-corrected chi connectivity index (χ3v) is 5.30. The minimum absolute atomic E-state index is 0.0562. The van der Waals surface area contributed by atoms with Crippen LogP contribution in [0.1, 0.15) is 12.0 Å². The number of amides is 1. The number of halogens is 3. The van der Waals surface area contributed by atoms with Crippen molar-refractivity contribution in [3.63, 3.8) is 0 Å². The highest BCUT2D eigenvalue weighted by Crippen LogP contribution is 2.18. The van der Waals surface area contributed by atoms with Gasteiger partial charge in [-0.25, -0.2) is 13.2 Å². The van der Waals surface area contributed by atoms with Crippen LogP contribution in [-0.4, -0.2) is 79.3 Å². The number of morpholine rings is 1. The normalized spacial score (nSPS) is 16.0. The summed E-state index contributed by atoms with van der Waals surface area (Å²) in [4.78, 5) is 24.9. The van der Waals surface area contributed by atoms with E-state index < -0.39 is 23.5 Å². The van der Waals surface area contributed by atoms with Gasteiger partial charge in [-0.15, -0.1) is 0 Å². The van der Waals surface area contributed by atoms with Gasteiger partial charge < -0.3 is 20.5 Å². The molecule has 0 aliphatic carbocycles. The van der Waals surface area contributed by atoms with Crippen molar-refractivity contribution in [3.8, 4) is 0 Å². The van der Waals surface area contributed by atoms with Crippen LogP contribution in [0.25, 0.3) is 0 Å². The molecule has 1 saturated heterocycles. The number of ether oxygens (including phenoxy) is 1. The Morgan fingerprint density at radius 1 is 1.24 bits per heavy atom. The third-order valence-electron chi connectivity index (χ3n) is 5.30. The fourth-order valence-corrected chi connectivity index (χ4v) is 3.59. The Balaban J connectivity index is 0.00000182. The van der Waals surface area contributed by atoms with Crippen molar-refractivity contribution in [2.24, 2.45) is 5.73 Å². The van der Waals surface area contributed by atoms with Crippen LogP contribution >= 0.6 is 0 Å². The van der Waals surface area contributed by atoms with Gasteiger partial charge in [-0.3, -0.25) is 14.5 Å². The van der Waals surface area contributed by atoms with Gasteiger partial charge in [0, 0.05) is 45.2 Å². The van der Waals surface area contributed by atoms with E-state index >= 15 is 0 Å². The summed E-state index contributed by atoms with van der Waals surface area (Å²) in [6.07, 6.45) is 5.16. The molecule has 1 amide bonds. The maximum atomic E-state index is 13.9. The Morgan fingerprint density at radius 2 is 1.82 bits per heavy atom. The first kappa shape index (κ1) is 29.1. The lowest BCUT2D eigenvalue weighted by Gasteiger charge is -2.37. The molecule has 2 rings (SSSR count). The number of carbonyl (C=O) groups excluding carboxylic acids is 1. The first-order valence-electron chi connectivity index (χ1n) is 10.7. The highest BCUT2D eigenvalue weighted by molar-refractivity contribution is 5.76. The molecule has 34 heavy (non-hydrogen) atoms. The van der Waals surface area contributed by atoms with E-state index in [-0.39, 0.29) is 36.8 Å². The first-order chi connectivity index (χ1) is 16.2. The second-order valence-electron chi connectivity index (χ2n) is 7.68. The minimum Gasteiger partial charge on any atom is -0.483 e. The molecular formula is C24H32F3N3O4. The molecule has 0 bridgehead atoms. The molecule has 2 atom stereocenters. The van der Waals surface area contributed by atoms with Crippen molar-refractivity contribution in [1.29, 1.82) is 0 Å². The van der Waals surface area contributed by atoms with Crippen LogP contribution in [0.3, 0.4) is 0 Å². The zero-order chi connectivity index (χ0) is 25.7. The second-order valence-corrected chi connectivity index (χ2v) is 7.68. The van der Waals surface area contributed by atoms with Crippen LogP contribution < -0.4 is 5.73 Å². The van der Waals surface area contributed by atoms with Crippen LogP contribution in [0.5, 0.6) is 0 Å². The molecule has 1 aromatic carbocycles. The average molecular weight is 484 g/mol. The molecule has 1 heterocycles. The summed E-state index contributed by atoms with van der Waals surface area (Å²) >= 11 is 0. The monoisotopic (exact) mass is 483 g/mol. The van der Waals surface area contributed by atoms with E-state index in [1.165, 1.54) is 0 Å². The number of carbonyl (C=O) groups is 2. The zero-order valence-corrected chi connectivity index (χ0v) is 19.3. The predicted molar refractivity (Wildman–Crippen MR) is 124 cm³/mol. The number of allylic oxidation sites excluding steroid dienone is 2. The number of hydrogen-bond donors (Lipinski definition) is 2. The van der Waals surface area contributed by atoms with E-state index in [2.05, 4.69) is 18.1 Å². The lowest BCUT2D eigenvalue weighted by atomic mass is 10.0. The fraction of sp³-hybridized carbons (Fsp3) is 0.417. The Hall–Kier alpha value is -2.95. The molecule has 0 radical (unpaired) electrons. The van der Waals surface area contributed by atoms with Crippen molar-refractivity contribution >= 4 is 12.4 Å². The van der Waals surface area contributed by atoms with E-state index in [1.807, 2.05) is 6.08 Å². The van der Waals surface area contributed by atoms with Gasteiger partial charge in [0.1, 0.15) is 5.82 Å². The van der Waals surface area contributed by atoms with Crippen molar-refractivity contribution in [2.45, 2.75) is 24.9 Å². The van der Waals surface area contributed by atoms with Crippen LogP contribution in [0, 0.1) is 17.5 Å².